The second-order valence-corrected chi connectivity index (χ2v) is 7.60. The smallest absolute Gasteiger partial charge is 0.276 e. The summed E-state index contributed by atoms with van der Waals surface area (Å²) in [6, 6.07) is 9.43. The Bertz CT molecular complexity index is 972. The Morgan fingerprint density at radius 1 is 1.00 bits per heavy atom. The van der Waals surface area contributed by atoms with Crippen molar-refractivity contribution in [3.05, 3.63) is 63.0 Å². The van der Waals surface area contributed by atoms with Crippen molar-refractivity contribution in [1.82, 2.24) is 0 Å². The Morgan fingerprint density at radius 3 is 2.31 bits per heavy atom. The molecule has 9 heteroatoms. The van der Waals surface area contributed by atoms with Crippen LogP contribution >= 0.6 is 34.8 Å². The van der Waals surface area contributed by atoms with E-state index in [4.69, 9.17) is 44.3 Å². The fraction of sp³-hybridized carbons (Fsp3) is 0.118. The van der Waals surface area contributed by atoms with Crippen molar-refractivity contribution in [3.63, 3.8) is 0 Å². The lowest BCUT2D eigenvalue weighted by Crippen LogP contribution is -1.99. The van der Waals surface area contributed by atoms with Gasteiger partial charge in [-0.05, 0) is 42.0 Å². The maximum absolute atomic E-state index is 12.1. The average Bonchev–Trinajstić information content (AvgIpc) is 2.61. The van der Waals surface area contributed by atoms with Gasteiger partial charge >= 0.3 is 0 Å². The number of sulfonamides is 1. The number of ether oxygens (including phenoxy) is 2. The molecule has 0 atom stereocenters. The van der Waals surface area contributed by atoms with Crippen LogP contribution in [-0.2, 0) is 10.0 Å². The molecule has 0 unspecified atom stereocenters. The number of halogens is 3. The minimum Gasteiger partial charge on any atom is -0.493 e. The SMILES string of the molecule is COc1ccc(C(Cl)=NS(=O)(=O)/C=C/c2ccc(Cl)c(Cl)c2)cc1OC. The minimum absolute atomic E-state index is 0.204. The summed E-state index contributed by atoms with van der Waals surface area (Å²) in [5, 5.41) is 1.42. The molecule has 0 N–H and O–H groups in total. The van der Waals surface area contributed by atoms with E-state index in [1.807, 2.05) is 0 Å². The maximum atomic E-state index is 12.1. The third kappa shape index (κ3) is 5.38. The zero-order valence-electron chi connectivity index (χ0n) is 13.7. The summed E-state index contributed by atoms with van der Waals surface area (Å²) >= 11 is 17.8. The number of hydrogen-bond donors (Lipinski definition) is 0. The first-order valence-corrected chi connectivity index (χ1v) is 9.75. The molecule has 5 nitrogen and oxygen atoms in total. The van der Waals surface area contributed by atoms with Crippen LogP contribution in [0.25, 0.3) is 6.08 Å². The van der Waals surface area contributed by atoms with E-state index in [1.165, 1.54) is 32.4 Å². The lowest BCUT2D eigenvalue weighted by Gasteiger charge is -2.08. The fourth-order valence-corrected chi connectivity index (χ4v) is 3.37. The van der Waals surface area contributed by atoms with Crippen molar-refractivity contribution in [2.24, 2.45) is 4.40 Å². The predicted octanol–water partition coefficient (Wildman–Crippen LogP) is 5.00. The van der Waals surface area contributed by atoms with Gasteiger partial charge in [-0.25, -0.2) is 0 Å². The molecule has 138 valence electrons. The molecule has 0 amide bonds. The van der Waals surface area contributed by atoms with Crippen LogP contribution < -0.4 is 9.47 Å². The summed E-state index contributed by atoms with van der Waals surface area (Å²) in [6.07, 6.45) is 1.35. The molecule has 2 rings (SSSR count). The van der Waals surface area contributed by atoms with Crippen molar-refractivity contribution < 1.29 is 17.9 Å². The van der Waals surface area contributed by atoms with Crippen LogP contribution in [0.4, 0.5) is 0 Å². The number of benzene rings is 2. The molecule has 2 aromatic rings. The molecule has 0 heterocycles. The van der Waals surface area contributed by atoms with Crippen LogP contribution in [0.2, 0.25) is 10.0 Å². The van der Waals surface area contributed by atoms with E-state index in [-0.39, 0.29) is 5.17 Å². The van der Waals surface area contributed by atoms with Gasteiger partial charge in [-0.2, -0.15) is 8.42 Å². The molecule has 0 bridgehead atoms. The normalized spacial score (nSPS) is 12.4. The van der Waals surface area contributed by atoms with Crippen molar-refractivity contribution in [3.8, 4) is 11.5 Å². The van der Waals surface area contributed by atoms with Crippen molar-refractivity contribution >= 4 is 56.1 Å². The van der Waals surface area contributed by atoms with Gasteiger partial charge in [0, 0.05) is 5.56 Å². The summed E-state index contributed by atoms with van der Waals surface area (Å²) in [7, 11) is -1.00. The minimum atomic E-state index is -3.96. The largest absolute Gasteiger partial charge is 0.493 e. The quantitative estimate of drug-likeness (QED) is 0.600. The van der Waals surface area contributed by atoms with Gasteiger partial charge in [0.05, 0.1) is 29.7 Å². The van der Waals surface area contributed by atoms with Crippen LogP contribution in [0.5, 0.6) is 11.5 Å². The van der Waals surface area contributed by atoms with Gasteiger partial charge in [-0.15, -0.1) is 4.40 Å². The number of hydrogen-bond acceptors (Lipinski definition) is 4. The lowest BCUT2D eigenvalue weighted by atomic mass is 10.2. The van der Waals surface area contributed by atoms with E-state index in [9.17, 15) is 8.42 Å². The van der Waals surface area contributed by atoms with E-state index in [0.29, 0.717) is 32.7 Å². The van der Waals surface area contributed by atoms with Gasteiger partial charge in [-0.3, -0.25) is 0 Å². The molecule has 0 fully saturated rings. The van der Waals surface area contributed by atoms with Crippen LogP contribution in [0.1, 0.15) is 11.1 Å². The van der Waals surface area contributed by atoms with Crippen LogP contribution in [0.3, 0.4) is 0 Å². The molecule has 0 aliphatic carbocycles. The molecular formula is C17H14Cl3NO4S. The van der Waals surface area contributed by atoms with Crippen molar-refractivity contribution in [2.75, 3.05) is 14.2 Å². The third-order valence-corrected chi connectivity index (χ3v) is 5.26. The molecule has 0 saturated heterocycles. The second-order valence-electron chi connectivity index (χ2n) is 4.94. The molecule has 0 spiro atoms. The zero-order chi connectivity index (χ0) is 19.3. The molecule has 26 heavy (non-hydrogen) atoms. The monoisotopic (exact) mass is 433 g/mol. The highest BCUT2D eigenvalue weighted by molar-refractivity contribution is 7.93. The van der Waals surface area contributed by atoms with E-state index in [0.717, 1.165) is 5.41 Å². The number of methoxy groups -OCH3 is 2. The van der Waals surface area contributed by atoms with Crippen molar-refractivity contribution in [2.45, 2.75) is 0 Å². The van der Waals surface area contributed by atoms with E-state index >= 15 is 0 Å². The van der Waals surface area contributed by atoms with Gasteiger partial charge in [0.2, 0.25) is 0 Å². The van der Waals surface area contributed by atoms with Crippen LogP contribution in [0.15, 0.2) is 46.2 Å². The summed E-state index contributed by atoms with van der Waals surface area (Å²) in [4.78, 5) is 0. The van der Waals surface area contributed by atoms with Gasteiger partial charge in [-0.1, -0.05) is 40.9 Å². The average molecular weight is 435 g/mol. The standard InChI is InChI=1S/C17H14Cl3NO4S/c1-24-15-6-4-12(10-16(15)25-2)17(20)21-26(22,23)8-7-11-3-5-13(18)14(19)9-11/h3-10H,1-2H3/b8-7+,21-17?. The first kappa shape index (κ1) is 20.6. The highest BCUT2D eigenvalue weighted by Gasteiger charge is 2.11. The first-order chi connectivity index (χ1) is 12.3. The first-order valence-electron chi connectivity index (χ1n) is 7.11. The molecule has 0 aliphatic heterocycles. The third-order valence-electron chi connectivity index (χ3n) is 3.21. The van der Waals surface area contributed by atoms with Gasteiger partial charge < -0.3 is 9.47 Å². The summed E-state index contributed by atoms with van der Waals surface area (Å²) in [6.45, 7) is 0. The van der Waals surface area contributed by atoms with E-state index in [1.54, 1.807) is 24.3 Å². The van der Waals surface area contributed by atoms with Gasteiger partial charge in [0.1, 0.15) is 5.17 Å². The topological polar surface area (TPSA) is 65.0 Å². The summed E-state index contributed by atoms with van der Waals surface area (Å²) < 4.78 is 38.1. The van der Waals surface area contributed by atoms with E-state index in [2.05, 4.69) is 4.40 Å². The Labute approximate surface area is 166 Å². The zero-order valence-corrected chi connectivity index (χ0v) is 16.8. The second kappa shape index (κ2) is 8.77. The van der Waals surface area contributed by atoms with Gasteiger partial charge in [0.25, 0.3) is 10.0 Å². The van der Waals surface area contributed by atoms with Crippen LogP contribution in [-0.4, -0.2) is 27.8 Å². The molecule has 0 aromatic heterocycles. The predicted molar refractivity (Wildman–Crippen MR) is 106 cm³/mol. The summed E-state index contributed by atoms with van der Waals surface area (Å²) in [5.74, 6) is 0.894. The maximum Gasteiger partial charge on any atom is 0.276 e. The van der Waals surface area contributed by atoms with E-state index < -0.39 is 10.0 Å². The lowest BCUT2D eigenvalue weighted by molar-refractivity contribution is 0.355. The number of rotatable bonds is 6. The Hall–Kier alpha value is -1.73. The number of nitrogens with zero attached hydrogens (tertiary/aromatic N) is 1. The fourth-order valence-electron chi connectivity index (χ4n) is 1.94. The highest BCUT2D eigenvalue weighted by atomic mass is 35.5. The molecule has 0 saturated carbocycles. The molecule has 0 aliphatic rings. The summed E-state index contributed by atoms with van der Waals surface area (Å²) in [5.41, 5.74) is 0.927. The highest BCUT2D eigenvalue weighted by Crippen LogP contribution is 2.28. The Balaban J connectivity index is 2.28. The van der Waals surface area contributed by atoms with Crippen molar-refractivity contribution in [1.29, 1.82) is 0 Å². The van der Waals surface area contributed by atoms with Crippen LogP contribution in [0, 0.1) is 0 Å². The Morgan fingerprint density at radius 2 is 1.69 bits per heavy atom. The molecule has 2 aromatic carbocycles. The van der Waals surface area contributed by atoms with Gasteiger partial charge in [0.15, 0.2) is 11.5 Å². The Kier molecular flexibility index (Phi) is 6.94. The molecular weight excluding hydrogens is 421 g/mol. The molecule has 0 radical (unpaired) electrons.